The van der Waals surface area contributed by atoms with E-state index in [1.54, 1.807) is 12.1 Å². The summed E-state index contributed by atoms with van der Waals surface area (Å²) in [6.07, 6.45) is 0. The number of aliphatic hydroxyl groups excluding tert-OH is 1. The van der Waals surface area contributed by atoms with E-state index in [4.69, 9.17) is 0 Å². The highest BCUT2D eigenvalue weighted by Gasteiger charge is 2.12. The zero-order chi connectivity index (χ0) is 13.9. The van der Waals surface area contributed by atoms with E-state index in [0.29, 0.717) is 17.2 Å². The number of aromatic nitrogens is 2. The van der Waals surface area contributed by atoms with Gasteiger partial charge in [-0.15, -0.1) is 0 Å². The summed E-state index contributed by atoms with van der Waals surface area (Å²) in [4.78, 5) is 7.60. The third kappa shape index (κ3) is 2.33. The first-order chi connectivity index (χ1) is 9.78. The average Bonchev–Trinajstić information content (AvgIpc) is 2.93. The van der Waals surface area contributed by atoms with Gasteiger partial charge in [0.2, 0.25) is 0 Å². The number of nitrogens with zero attached hydrogens (tertiary/aromatic N) is 1. The predicted octanol–water partition coefficient (Wildman–Crippen LogP) is 3.38. The number of H-pyrrole nitrogens is 1. The lowest BCUT2D eigenvalue weighted by Gasteiger charge is -1.98. The van der Waals surface area contributed by atoms with Gasteiger partial charge in [0.15, 0.2) is 0 Å². The highest BCUT2D eigenvalue weighted by atomic mass is 19.1. The number of aliphatic hydroxyl groups is 1. The van der Waals surface area contributed by atoms with Gasteiger partial charge < -0.3 is 10.1 Å². The Balaban J connectivity index is 2.07. The number of hydrogen-bond acceptors (Lipinski definition) is 2. The van der Waals surface area contributed by atoms with E-state index in [-0.39, 0.29) is 12.4 Å². The van der Waals surface area contributed by atoms with Crippen LogP contribution < -0.4 is 0 Å². The van der Waals surface area contributed by atoms with Crippen LogP contribution in [0.25, 0.3) is 22.6 Å². The summed E-state index contributed by atoms with van der Waals surface area (Å²) in [5.41, 5.74) is 3.08. The molecule has 1 aromatic heterocycles. The van der Waals surface area contributed by atoms with Crippen LogP contribution in [0.4, 0.5) is 4.39 Å². The van der Waals surface area contributed by atoms with Crippen LogP contribution in [-0.4, -0.2) is 15.1 Å². The molecule has 0 aliphatic rings. The van der Waals surface area contributed by atoms with Crippen molar-refractivity contribution in [3.8, 4) is 22.6 Å². The topological polar surface area (TPSA) is 48.9 Å². The largest absolute Gasteiger partial charge is 0.390 e. The molecule has 2 N–H and O–H groups in total. The molecule has 1 heterocycles. The fourth-order valence-corrected chi connectivity index (χ4v) is 2.10. The summed E-state index contributed by atoms with van der Waals surface area (Å²) in [6, 6.07) is 15.7. The number of hydrogen-bond donors (Lipinski definition) is 2. The van der Waals surface area contributed by atoms with Gasteiger partial charge in [-0.1, -0.05) is 30.3 Å². The van der Waals surface area contributed by atoms with Crippen LogP contribution >= 0.6 is 0 Å². The number of aromatic amines is 1. The van der Waals surface area contributed by atoms with Crippen LogP contribution in [0, 0.1) is 5.82 Å². The van der Waals surface area contributed by atoms with E-state index in [1.165, 1.54) is 12.1 Å². The van der Waals surface area contributed by atoms with Crippen molar-refractivity contribution in [2.45, 2.75) is 6.61 Å². The van der Waals surface area contributed by atoms with Crippen molar-refractivity contribution in [2.24, 2.45) is 0 Å². The Hall–Kier alpha value is -2.46. The van der Waals surface area contributed by atoms with E-state index in [1.807, 2.05) is 30.3 Å². The van der Waals surface area contributed by atoms with Gasteiger partial charge in [0.05, 0.1) is 18.0 Å². The Kier molecular flexibility index (Phi) is 3.31. The van der Waals surface area contributed by atoms with Crippen LogP contribution in [0.5, 0.6) is 0 Å². The van der Waals surface area contributed by atoms with Gasteiger partial charge in [0, 0.05) is 11.1 Å². The molecule has 0 saturated heterocycles. The summed E-state index contributed by atoms with van der Waals surface area (Å²) in [6.45, 7) is -0.127. The zero-order valence-electron chi connectivity index (χ0n) is 10.7. The van der Waals surface area contributed by atoms with Gasteiger partial charge in [-0.3, -0.25) is 0 Å². The number of nitrogens with one attached hydrogen (secondary N) is 1. The predicted molar refractivity (Wildman–Crippen MR) is 75.3 cm³/mol. The molecule has 100 valence electrons. The normalized spacial score (nSPS) is 10.7. The molecule has 0 aliphatic heterocycles. The Morgan fingerprint density at radius 3 is 2.30 bits per heavy atom. The highest BCUT2D eigenvalue weighted by Crippen LogP contribution is 2.26. The molecule has 0 aliphatic carbocycles. The molecule has 2 aromatic carbocycles. The van der Waals surface area contributed by atoms with Gasteiger partial charge in [0.25, 0.3) is 0 Å². The SMILES string of the molecule is OCc1[nH]c(-c2ccc(F)cc2)nc1-c1ccccc1. The maximum Gasteiger partial charge on any atom is 0.138 e. The van der Waals surface area contributed by atoms with Crippen molar-refractivity contribution in [1.29, 1.82) is 0 Å². The fraction of sp³-hybridized carbons (Fsp3) is 0.0625. The summed E-state index contributed by atoms with van der Waals surface area (Å²) >= 11 is 0. The van der Waals surface area contributed by atoms with Crippen molar-refractivity contribution < 1.29 is 9.50 Å². The minimum atomic E-state index is -0.286. The summed E-state index contributed by atoms with van der Waals surface area (Å²) < 4.78 is 12.9. The van der Waals surface area contributed by atoms with E-state index >= 15 is 0 Å². The molecule has 0 atom stereocenters. The van der Waals surface area contributed by atoms with Crippen LogP contribution in [0.1, 0.15) is 5.69 Å². The van der Waals surface area contributed by atoms with Crippen LogP contribution in [0.2, 0.25) is 0 Å². The molecular weight excluding hydrogens is 255 g/mol. The molecule has 3 rings (SSSR count). The van der Waals surface area contributed by atoms with Crippen LogP contribution in [0.3, 0.4) is 0 Å². The molecule has 0 saturated carbocycles. The summed E-state index contributed by atoms with van der Waals surface area (Å²) in [5.74, 6) is 0.332. The molecule has 3 nitrogen and oxygen atoms in total. The molecule has 0 unspecified atom stereocenters. The lowest BCUT2D eigenvalue weighted by Crippen LogP contribution is -1.87. The highest BCUT2D eigenvalue weighted by molar-refractivity contribution is 5.67. The lowest BCUT2D eigenvalue weighted by molar-refractivity contribution is 0.278. The third-order valence-electron chi connectivity index (χ3n) is 3.10. The van der Waals surface area contributed by atoms with Crippen molar-refractivity contribution in [2.75, 3.05) is 0 Å². The second-order valence-corrected chi connectivity index (χ2v) is 4.44. The zero-order valence-corrected chi connectivity index (χ0v) is 10.7. The van der Waals surface area contributed by atoms with Crippen molar-refractivity contribution in [1.82, 2.24) is 9.97 Å². The van der Waals surface area contributed by atoms with Gasteiger partial charge in [-0.2, -0.15) is 0 Å². The maximum atomic E-state index is 12.9. The van der Waals surface area contributed by atoms with Gasteiger partial charge in [-0.05, 0) is 24.3 Å². The number of benzene rings is 2. The van der Waals surface area contributed by atoms with E-state index in [9.17, 15) is 9.50 Å². The molecular formula is C16H13FN2O. The summed E-state index contributed by atoms with van der Waals surface area (Å²) in [5, 5.41) is 9.45. The molecule has 0 spiro atoms. The minimum Gasteiger partial charge on any atom is -0.390 e. The first-order valence-corrected chi connectivity index (χ1v) is 6.29. The van der Waals surface area contributed by atoms with E-state index < -0.39 is 0 Å². The summed E-state index contributed by atoms with van der Waals surface area (Å²) in [7, 11) is 0. The second kappa shape index (κ2) is 5.27. The molecule has 0 fully saturated rings. The Labute approximate surface area is 115 Å². The monoisotopic (exact) mass is 268 g/mol. The van der Waals surface area contributed by atoms with Crippen molar-refractivity contribution in [3.05, 3.63) is 66.1 Å². The van der Waals surface area contributed by atoms with Gasteiger partial charge in [0.1, 0.15) is 11.6 Å². The molecule has 20 heavy (non-hydrogen) atoms. The maximum absolute atomic E-state index is 12.9. The first-order valence-electron chi connectivity index (χ1n) is 6.29. The van der Waals surface area contributed by atoms with E-state index in [0.717, 1.165) is 11.1 Å². The van der Waals surface area contributed by atoms with Crippen molar-refractivity contribution >= 4 is 0 Å². The minimum absolute atomic E-state index is 0.127. The average molecular weight is 268 g/mol. The van der Waals surface area contributed by atoms with E-state index in [2.05, 4.69) is 9.97 Å². The van der Waals surface area contributed by atoms with Crippen LogP contribution in [0.15, 0.2) is 54.6 Å². The number of imidazole rings is 1. The van der Waals surface area contributed by atoms with Gasteiger partial charge in [-0.25, -0.2) is 9.37 Å². The third-order valence-corrected chi connectivity index (χ3v) is 3.10. The molecule has 0 amide bonds. The first kappa shape index (κ1) is 12.6. The molecule has 4 heteroatoms. The fourth-order valence-electron chi connectivity index (χ4n) is 2.10. The molecule has 0 radical (unpaired) electrons. The quantitative estimate of drug-likeness (QED) is 0.765. The molecule has 3 aromatic rings. The standard InChI is InChI=1S/C16H13FN2O/c17-13-8-6-12(7-9-13)16-18-14(10-20)15(19-16)11-4-2-1-3-5-11/h1-9,20H,10H2,(H,18,19). The van der Waals surface area contributed by atoms with Gasteiger partial charge >= 0.3 is 0 Å². The second-order valence-electron chi connectivity index (χ2n) is 4.44. The number of rotatable bonds is 3. The smallest absolute Gasteiger partial charge is 0.138 e. The lowest BCUT2D eigenvalue weighted by atomic mass is 10.1. The van der Waals surface area contributed by atoms with Crippen LogP contribution in [-0.2, 0) is 6.61 Å². The number of halogens is 1. The Bertz CT molecular complexity index is 705. The van der Waals surface area contributed by atoms with Crippen molar-refractivity contribution in [3.63, 3.8) is 0 Å². The Morgan fingerprint density at radius 1 is 0.950 bits per heavy atom. The Morgan fingerprint density at radius 2 is 1.65 bits per heavy atom. The molecule has 0 bridgehead atoms.